The van der Waals surface area contributed by atoms with Crippen molar-refractivity contribution in [2.75, 3.05) is 6.61 Å². The lowest BCUT2D eigenvalue weighted by atomic mass is 10.1. The minimum absolute atomic E-state index is 0.100. The molecular formula is C8H17NOS. The van der Waals surface area contributed by atoms with Gasteiger partial charge in [-0.25, -0.2) is 0 Å². The molecule has 0 aromatic rings. The fraction of sp³-hybridized carbons (Fsp3) is 0.875. The summed E-state index contributed by atoms with van der Waals surface area (Å²) in [4.78, 5) is 0. The molecule has 0 aliphatic rings. The van der Waals surface area contributed by atoms with E-state index < -0.39 is 0 Å². The number of thiocarbonyl (C=S) groups is 1. The van der Waals surface area contributed by atoms with Crippen molar-refractivity contribution in [1.82, 2.24) is 0 Å². The smallest absolute Gasteiger partial charge is 0.176 e. The molecule has 1 atom stereocenters. The van der Waals surface area contributed by atoms with Crippen LogP contribution in [0.15, 0.2) is 0 Å². The number of rotatable bonds is 4. The minimum atomic E-state index is -0.100. The second kappa shape index (κ2) is 5.49. The van der Waals surface area contributed by atoms with Gasteiger partial charge in [-0.05, 0) is 24.6 Å². The van der Waals surface area contributed by atoms with Crippen molar-refractivity contribution >= 4 is 17.3 Å². The van der Waals surface area contributed by atoms with E-state index in [1.165, 1.54) is 0 Å². The summed E-state index contributed by atoms with van der Waals surface area (Å²) in [7, 11) is 0. The zero-order chi connectivity index (χ0) is 8.85. The van der Waals surface area contributed by atoms with E-state index in [9.17, 15) is 0 Å². The second-order valence-electron chi connectivity index (χ2n) is 2.94. The fourth-order valence-corrected chi connectivity index (χ4v) is 0.927. The van der Waals surface area contributed by atoms with Crippen LogP contribution in [0.4, 0.5) is 0 Å². The van der Waals surface area contributed by atoms with E-state index in [4.69, 9.17) is 22.7 Å². The summed E-state index contributed by atoms with van der Waals surface area (Å²) in [6, 6.07) is -0.100. The zero-order valence-electron chi connectivity index (χ0n) is 7.46. The standard InChI is InChI=1S/C8H17NOS/c1-4-5-10-8(11)7(9)6(2)3/h6-7H,4-5,9H2,1-3H3. The van der Waals surface area contributed by atoms with Crippen molar-refractivity contribution in [2.24, 2.45) is 11.7 Å². The van der Waals surface area contributed by atoms with Crippen molar-refractivity contribution in [3.63, 3.8) is 0 Å². The molecule has 0 saturated heterocycles. The zero-order valence-corrected chi connectivity index (χ0v) is 8.28. The van der Waals surface area contributed by atoms with Gasteiger partial charge in [0.05, 0.1) is 12.6 Å². The van der Waals surface area contributed by atoms with Gasteiger partial charge in [0.1, 0.15) is 0 Å². The summed E-state index contributed by atoms with van der Waals surface area (Å²) in [5.74, 6) is 0.361. The Morgan fingerprint density at radius 3 is 2.45 bits per heavy atom. The highest BCUT2D eigenvalue weighted by Gasteiger charge is 2.13. The molecule has 0 aliphatic heterocycles. The number of ether oxygens (including phenoxy) is 1. The molecule has 0 aromatic carbocycles. The molecule has 0 rings (SSSR count). The van der Waals surface area contributed by atoms with Gasteiger partial charge in [-0.15, -0.1) is 0 Å². The van der Waals surface area contributed by atoms with Crippen molar-refractivity contribution in [3.8, 4) is 0 Å². The molecule has 1 unspecified atom stereocenters. The molecule has 0 spiro atoms. The van der Waals surface area contributed by atoms with Gasteiger partial charge in [0.25, 0.3) is 0 Å². The molecule has 0 heterocycles. The van der Waals surface area contributed by atoms with Crippen LogP contribution in [0.2, 0.25) is 0 Å². The van der Waals surface area contributed by atoms with Crippen LogP contribution in [0.1, 0.15) is 27.2 Å². The van der Waals surface area contributed by atoms with Gasteiger partial charge < -0.3 is 10.5 Å². The molecule has 2 nitrogen and oxygen atoms in total. The molecular weight excluding hydrogens is 158 g/mol. The largest absolute Gasteiger partial charge is 0.485 e. The Kier molecular flexibility index (Phi) is 5.42. The number of nitrogens with two attached hydrogens (primary N) is 1. The van der Waals surface area contributed by atoms with E-state index in [1.54, 1.807) is 0 Å². The molecule has 0 radical (unpaired) electrons. The molecule has 11 heavy (non-hydrogen) atoms. The topological polar surface area (TPSA) is 35.2 Å². The highest BCUT2D eigenvalue weighted by molar-refractivity contribution is 7.80. The van der Waals surface area contributed by atoms with Gasteiger partial charge in [-0.2, -0.15) is 0 Å². The highest BCUT2D eigenvalue weighted by atomic mass is 32.1. The molecule has 2 N–H and O–H groups in total. The lowest BCUT2D eigenvalue weighted by Gasteiger charge is -2.16. The van der Waals surface area contributed by atoms with Gasteiger partial charge in [-0.3, -0.25) is 0 Å². The van der Waals surface area contributed by atoms with E-state index in [1.807, 2.05) is 20.8 Å². The number of hydrogen-bond acceptors (Lipinski definition) is 3. The summed E-state index contributed by atoms with van der Waals surface area (Å²) in [6.07, 6.45) is 0.977. The SMILES string of the molecule is CCCOC(=S)C(N)C(C)C. The normalized spacial score (nSPS) is 13.2. The Hall–Kier alpha value is -0.150. The second-order valence-corrected chi connectivity index (χ2v) is 3.34. The summed E-state index contributed by atoms with van der Waals surface area (Å²) in [5.41, 5.74) is 5.73. The summed E-state index contributed by atoms with van der Waals surface area (Å²) in [5, 5.41) is 0.543. The quantitative estimate of drug-likeness (QED) is 0.661. The monoisotopic (exact) mass is 175 g/mol. The van der Waals surface area contributed by atoms with Crippen LogP contribution in [0, 0.1) is 5.92 Å². The third-order valence-electron chi connectivity index (χ3n) is 1.44. The average molecular weight is 175 g/mol. The van der Waals surface area contributed by atoms with Crippen molar-refractivity contribution in [3.05, 3.63) is 0 Å². The maximum atomic E-state index is 5.73. The van der Waals surface area contributed by atoms with E-state index >= 15 is 0 Å². The van der Waals surface area contributed by atoms with Gasteiger partial charge in [0, 0.05) is 0 Å². The summed E-state index contributed by atoms with van der Waals surface area (Å²) < 4.78 is 5.22. The van der Waals surface area contributed by atoms with Crippen molar-refractivity contribution in [2.45, 2.75) is 33.2 Å². The first kappa shape index (κ1) is 10.8. The van der Waals surface area contributed by atoms with E-state index in [0.29, 0.717) is 17.6 Å². The predicted octanol–water partition coefficient (Wildman–Crippen LogP) is 1.72. The van der Waals surface area contributed by atoms with Crippen molar-refractivity contribution < 1.29 is 4.74 Å². The van der Waals surface area contributed by atoms with Crippen LogP contribution in [0.5, 0.6) is 0 Å². The molecule has 0 saturated carbocycles. The molecule has 66 valence electrons. The predicted molar refractivity (Wildman–Crippen MR) is 51.7 cm³/mol. The van der Waals surface area contributed by atoms with Crippen LogP contribution >= 0.6 is 12.2 Å². The Labute approximate surface area is 74.1 Å². The first-order chi connectivity index (χ1) is 5.09. The Balaban J connectivity index is 3.64. The van der Waals surface area contributed by atoms with Gasteiger partial charge in [-0.1, -0.05) is 20.8 Å². The van der Waals surface area contributed by atoms with Gasteiger partial charge in [0.2, 0.25) is 0 Å². The molecule has 0 bridgehead atoms. The average Bonchev–Trinajstić information content (AvgIpc) is 1.98. The molecule has 0 fully saturated rings. The first-order valence-electron chi connectivity index (χ1n) is 4.01. The maximum Gasteiger partial charge on any atom is 0.176 e. The van der Waals surface area contributed by atoms with Crippen LogP contribution in [-0.4, -0.2) is 17.7 Å². The minimum Gasteiger partial charge on any atom is -0.485 e. The third-order valence-corrected chi connectivity index (χ3v) is 1.83. The van der Waals surface area contributed by atoms with Gasteiger partial charge >= 0.3 is 0 Å². The van der Waals surface area contributed by atoms with Crippen molar-refractivity contribution in [1.29, 1.82) is 0 Å². The maximum absolute atomic E-state index is 5.73. The van der Waals surface area contributed by atoms with Crippen LogP contribution in [0.25, 0.3) is 0 Å². The van der Waals surface area contributed by atoms with E-state index in [-0.39, 0.29) is 6.04 Å². The van der Waals surface area contributed by atoms with Crippen LogP contribution in [0.3, 0.4) is 0 Å². The van der Waals surface area contributed by atoms with E-state index in [0.717, 1.165) is 6.42 Å². The van der Waals surface area contributed by atoms with Crippen LogP contribution in [-0.2, 0) is 4.74 Å². The summed E-state index contributed by atoms with van der Waals surface area (Å²) in [6.45, 7) is 6.79. The lowest BCUT2D eigenvalue weighted by molar-refractivity contribution is 0.292. The highest BCUT2D eigenvalue weighted by Crippen LogP contribution is 2.02. The molecule has 0 aromatic heterocycles. The van der Waals surface area contributed by atoms with Gasteiger partial charge in [0.15, 0.2) is 5.05 Å². The fourth-order valence-electron chi connectivity index (χ4n) is 0.571. The Morgan fingerprint density at radius 1 is 1.55 bits per heavy atom. The number of hydrogen-bond donors (Lipinski definition) is 1. The summed E-state index contributed by atoms with van der Waals surface area (Å²) >= 11 is 4.97. The van der Waals surface area contributed by atoms with E-state index in [2.05, 4.69) is 0 Å². The molecule has 0 aliphatic carbocycles. The third kappa shape index (κ3) is 4.32. The lowest BCUT2D eigenvalue weighted by Crippen LogP contribution is -2.35. The van der Waals surface area contributed by atoms with Crippen LogP contribution < -0.4 is 5.73 Å². The Morgan fingerprint density at radius 2 is 2.09 bits per heavy atom. The molecule has 3 heteroatoms. The molecule has 0 amide bonds. The Bertz CT molecular complexity index is 125. The first-order valence-corrected chi connectivity index (χ1v) is 4.42.